The van der Waals surface area contributed by atoms with E-state index in [1.807, 2.05) is 39.0 Å². The minimum Gasteiger partial charge on any atom is -0.496 e. The topological polar surface area (TPSA) is 79.1 Å². The predicted octanol–water partition coefficient (Wildman–Crippen LogP) is 5.79. The molecule has 10 heteroatoms. The van der Waals surface area contributed by atoms with Gasteiger partial charge in [-0.05, 0) is 69.7 Å². The van der Waals surface area contributed by atoms with Gasteiger partial charge in [0.05, 0.1) is 35.6 Å². The number of rotatable bonds is 9. The number of hydrogen-bond acceptors (Lipinski definition) is 7. The maximum atomic E-state index is 14.1. The number of hydrogen-bond donors (Lipinski definition) is 0. The van der Waals surface area contributed by atoms with E-state index in [1.54, 1.807) is 38.3 Å². The van der Waals surface area contributed by atoms with Gasteiger partial charge in [-0.1, -0.05) is 52.2 Å². The Labute approximate surface area is 244 Å². The number of fused-ring (bicyclic) bond motifs is 1. The molecule has 0 radical (unpaired) electrons. The fourth-order valence-corrected chi connectivity index (χ4v) is 6.04. The highest BCUT2D eigenvalue weighted by molar-refractivity contribution is 9.10. The number of carbonyl (C=O) groups excluding carboxylic acids is 1. The number of halogens is 2. The molecule has 1 aromatic heterocycles. The summed E-state index contributed by atoms with van der Waals surface area (Å²) in [6.07, 6.45) is 3.05. The van der Waals surface area contributed by atoms with E-state index >= 15 is 0 Å². The molecule has 0 saturated heterocycles. The molecular formula is C29H30BrClN2O5S. The summed E-state index contributed by atoms with van der Waals surface area (Å²) < 4.78 is 20.0. The van der Waals surface area contributed by atoms with E-state index in [1.165, 1.54) is 15.9 Å². The summed E-state index contributed by atoms with van der Waals surface area (Å²) in [5.74, 6) is 0.634. The first kappa shape index (κ1) is 29.1. The molecule has 3 aromatic rings. The Hall–Kier alpha value is -2.88. The highest BCUT2D eigenvalue weighted by Gasteiger charge is 2.36. The molecule has 39 heavy (non-hydrogen) atoms. The van der Waals surface area contributed by atoms with E-state index in [2.05, 4.69) is 15.9 Å². The van der Waals surface area contributed by atoms with E-state index in [-0.39, 0.29) is 18.3 Å². The first-order chi connectivity index (χ1) is 18.7. The highest BCUT2D eigenvalue weighted by atomic mass is 79.9. The molecule has 1 aliphatic heterocycles. The van der Waals surface area contributed by atoms with Gasteiger partial charge in [0.25, 0.3) is 5.56 Å². The fourth-order valence-electron chi connectivity index (χ4n) is 4.47. The van der Waals surface area contributed by atoms with Gasteiger partial charge in [0.2, 0.25) is 0 Å². The molecule has 0 amide bonds. The van der Waals surface area contributed by atoms with Gasteiger partial charge in [-0.15, -0.1) is 0 Å². The number of allylic oxidation sites excluding steroid dienone is 1. The van der Waals surface area contributed by atoms with Crippen LogP contribution in [0.1, 0.15) is 57.7 Å². The van der Waals surface area contributed by atoms with Crippen LogP contribution in [0.25, 0.3) is 6.08 Å². The van der Waals surface area contributed by atoms with Crippen LogP contribution in [-0.2, 0) is 9.53 Å². The van der Waals surface area contributed by atoms with Gasteiger partial charge in [0.15, 0.2) is 4.80 Å². The Bertz CT molecular complexity index is 1610. The second kappa shape index (κ2) is 12.5. The number of thiazole rings is 1. The van der Waals surface area contributed by atoms with Crippen molar-refractivity contribution >= 4 is 50.9 Å². The lowest BCUT2D eigenvalue weighted by Crippen LogP contribution is -2.40. The van der Waals surface area contributed by atoms with Gasteiger partial charge >= 0.3 is 5.97 Å². The smallest absolute Gasteiger partial charge is 0.338 e. The lowest BCUT2D eigenvalue weighted by molar-refractivity contribution is -0.139. The van der Waals surface area contributed by atoms with Crippen molar-refractivity contribution in [1.29, 1.82) is 0 Å². The normalized spacial score (nSPS) is 15.3. The molecule has 206 valence electrons. The molecule has 0 N–H and O–H groups in total. The number of carbonyl (C=O) groups is 1. The number of nitrogens with zero attached hydrogens (tertiary/aromatic N) is 2. The van der Waals surface area contributed by atoms with E-state index < -0.39 is 12.0 Å². The molecule has 0 spiro atoms. The van der Waals surface area contributed by atoms with Gasteiger partial charge in [0, 0.05) is 20.6 Å². The van der Waals surface area contributed by atoms with E-state index in [0.29, 0.717) is 49.1 Å². The van der Waals surface area contributed by atoms with Crippen LogP contribution in [0, 0.1) is 0 Å². The number of esters is 1. The summed E-state index contributed by atoms with van der Waals surface area (Å²) in [6, 6.07) is 9.99. The zero-order valence-corrected chi connectivity index (χ0v) is 25.6. The third-order valence-corrected chi connectivity index (χ3v) is 7.71. The quantitative estimate of drug-likeness (QED) is 0.279. The lowest BCUT2D eigenvalue weighted by atomic mass is 9.93. The summed E-state index contributed by atoms with van der Waals surface area (Å²) >= 11 is 11.2. The maximum Gasteiger partial charge on any atom is 0.338 e. The van der Waals surface area contributed by atoms with E-state index in [4.69, 9.17) is 30.8 Å². The first-order valence-corrected chi connectivity index (χ1v) is 14.7. The zero-order valence-electron chi connectivity index (χ0n) is 22.4. The summed E-state index contributed by atoms with van der Waals surface area (Å²) in [5.41, 5.74) is 1.93. The van der Waals surface area contributed by atoms with Gasteiger partial charge in [-0.3, -0.25) is 9.36 Å². The molecular weight excluding hydrogens is 604 g/mol. The Balaban J connectivity index is 2.05. The Morgan fingerprint density at radius 1 is 1.21 bits per heavy atom. The van der Waals surface area contributed by atoms with Crippen molar-refractivity contribution < 1.29 is 19.0 Å². The molecule has 1 aliphatic rings. The molecule has 0 unspecified atom stereocenters. The highest BCUT2D eigenvalue weighted by Crippen LogP contribution is 2.38. The Kier molecular flexibility index (Phi) is 9.35. The average Bonchev–Trinajstić information content (AvgIpc) is 3.19. The van der Waals surface area contributed by atoms with Crippen molar-refractivity contribution in [2.24, 2.45) is 4.99 Å². The van der Waals surface area contributed by atoms with E-state index in [0.717, 1.165) is 16.5 Å². The third-order valence-electron chi connectivity index (χ3n) is 6.00. The second-order valence-electron chi connectivity index (χ2n) is 9.15. The van der Waals surface area contributed by atoms with Crippen molar-refractivity contribution in [2.75, 3.05) is 13.7 Å². The van der Waals surface area contributed by atoms with Gasteiger partial charge in [-0.25, -0.2) is 9.79 Å². The number of ether oxygens (including phenoxy) is 3. The number of benzene rings is 2. The zero-order chi connectivity index (χ0) is 28.3. The van der Waals surface area contributed by atoms with Gasteiger partial charge in [0.1, 0.15) is 17.5 Å². The van der Waals surface area contributed by atoms with E-state index in [9.17, 15) is 9.59 Å². The molecule has 0 saturated carbocycles. The summed E-state index contributed by atoms with van der Waals surface area (Å²) in [7, 11) is 1.54. The van der Waals surface area contributed by atoms with Crippen molar-refractivity contribution in [3.63, 3.8) is 0 Å². The predicted molar refractivity (Wildman–Crippen MR) is 158 cm³/mol. The Morgan fingerprint density at radius 2 is 1.95 bits per heavy atom. The SMILES string of the molecule is CCCC1=C(C(=O)OCC)[C@H](c2cc(Cl)ccc2OC)n2c(s/c(=C\c3cc(Br)ccc3OC(C)C)c2=O)=N1. The Morgan fingerprint density at radius 3 is 2.62 bits per heavy atom. The van der Waals surface area contributed by atoms with Crippen LogP contribution in [0.5, 0.6) is 11.5 Å². The van der Waals surface area contributed by atoms with Gasteiger partial charge < -0.3 is 14.2 Å². The summed E-state index contributed by atoms with van der Waals surface area (Å²) in [6.45, 7) is 7.84. The van der Waals surface area contributed by atoms with Crippen LogP contribution in [0.3, 0.4) is 0 Å². The summed E-state index contributed by atoms with van der Waals surface area (Å²) in [4.78, 5) is 32.8. The molecule has 7 nitrogen and oxygen atoms in total. The minimum absolute atomic E-state index is 0.0430. The molecule has 4 rings (SSSR count). The van der Waals surface area contributed by atoms with Gasteiger partial charge in [-0.2, -0.15) is 0 Å². The van der Waals surface area contributed by atoms with Crippen molar-refractivity contribution in [3.8, 4) is 11.5 Å². The monoisotopic (exact) mass is 632 g/mol. The minimum atomic E-state index is -0.827. The number of methoxy groups -OCH3 is 1. The summed E-state index contributed by atoms with van der Waals surface area (Å²) in [5, 5.41) is 0.454. The molecule has 0 aliphatic carbocycles. The molecule has 1 atom stereocenters. The van der Waals surface area contributed by atoms with Crippen LogP contribution in [0.4, 0.5) is 0 Å². The first-order valence-electron chi connectivity index (χ1n) is 12.7. The maximum absolute atomic E-state index is 14.1. The molecule has 2 aromatic carbocycles. The van der Waals surface area contributed by atoms with Crippen LogP contribution in [0.15, 0.2) is 61.9 Å². The lowest BCUT2D eigenvalue weighted by Gasteiger charge is -2.27. The largest absolute Gasteiger partial charge is 0.496 e. The molecule has 2 heterocycles. The molecule has 0 bridgehead atoms. The van der Waals surface area contributed by atoms with Crippen molar-refractivity contribution in [2.45, 2.75) is 52.7 Å². The van der Waals surface area contributed by atoms with Crippen LogP contribution in [0.2, 0.25) is 5.02 Å². The van der Waals surface area contributed by atoms with Crippen molar-refractivity contribution in [3.05, 3.63) is 88.0 Å². The number of aromatic nitrogens is 1. The average molecular weight is 634 g/mol. The molecule has 0 fully saturated rings. The van der Waals surface area contributed by atoms with Crippen LogP contribution in [-0.4, -0.2) is 30.4 Å². The third kappa shape index (κ3) is 6.15. The van der Waals surface area contributed by atoms with Crippen LogP contribution >= 0.6 is 38.9 Å². The van der Waals surface area contributed by atoms with Crippen molar-refractivity contribution in [1.82, 2.24) is 4.57 Å². The fraction of sp³-hybridized carbons (Fsp3) is 0.345. The second-order valence-corrected chi connectivity index (χ2v) is 11.5. The van der Waals surface area contributed by atoms with Crippen LogP contribution < -0.4 is 24.4 Å². The standard InChI is InChI=1S/C29H30BrClN2O5S/c1-6-8-21-25(28(35)37-7-2)26(20-15-19(31)10-12-23(20)36-5)33-27(34)24(39-29(33)32-21)14-17-13-18(30)9-11-22(17)38-16(3)4/h9-16,26H,6-8H2,1-5H3/b24-14-/t26-/m0/s1.